The first-order valence-corrected chi connectivity index (χ1v) is 6.31. The molecule has 4 heteroatoms. The van der Waals surface area contributed by atoms with Gasteiger partial charge in [0.05, 0.1) is 13.0 Å². The van der Waals surface area contributed by atoms with Gasteiger partial charge in [-0.2, -0.15) is 0 Å². The van der Waals surface area contributed by atoms with E-state index in [1.54, 1.807) is 13.2 Å². The maximum absolute atomic E-state index is 11.3. The molecule has 0 saturated heterocycles. The first-order valence-electron chi connectivity index (χ1n) is 5.52. The first-order chi connectivity index (χ1) is 7.95. The van der Waals surface area contributed by atoms with Crippen molar-refractivity contribution in [2.24, 2.45) is 5.92 Å². The van der Waals surface area contributed by atoms with Crippen molar-refractivity contribution >= 4 is 21.9 Å². The van der Waals surface area contributed by atoms with Crippen LogP contribution in [-0.2, 0) is 4.79 Å². The number of hydrogen-bond acceptors (Lipinski definition) is 2. The smallest absolute Gasteiger partial charge is 0.311 e. The average Bonchev–Trinajstić information content (AvgIpc) is 2.25. The molecular formula is C13H17BrO3. The summed E-state index contributed by atoms with van der Waals surface area (Å²) >= 11 is 3.36. The first kappa shape index (κ1) is 14.0. The molecule has 17 heavy (non-hydrogen) atoms. The zero-order valence-corrected chi connectivity index (χ0v) is 11.8. The van der Waals surface area contributed by atoms with Crippen LogP contribution in [0.3, 0.4) is 0 Å². The Balaban J connectivity index is 3.16. The highest BCUT2D eigenvalue weighted by atomic mass is 79.9. The summed E-state index contributed by atoms with van der Waals surface area (Å²) in [6.07, 6.45) is 0.599. The number of carbonyl (C=O) groups is 1. The summed E-state index contributed by atoms with van der Waals surface area (Å²) in [6, 6.07) is 5.45. The van der Waals surface area contributed by atoms with E-state index in [1.165, 1.54) is 0 Å². The van der Waals surface area contributed by atoms with Gasteiger partial charge < -0.3 is 9.84 Å². The second kappa shape index (κ2) is 6.05. The van der Waals surface area contributed by atoms with E-state index in [2.05, 4.69) is 15.9 Å². The number of carboxylic acids is 1. The van der Waals surface area contributed by atoms with Crippen molar-refractivity contribution in [3.8, 4) is 5.75 Å². The molecule has 0 fully saturated rings. The van der Waals surface area contributed by atoms with Crippen molar-refractivity contribution in [1.82, 2.24) is 0 Å². The van der Waals surface area contributed by atoms with Crippen LogP contribution in [0.25, 0.3) is 0 Å². The number of rotatable bonds is 5. The molecule has 0 amide bonds. The number of methoxy groups -OCH3 is 1. The minimum Gasteiger partial charge on any atom is -0.496 e. The second-order valence-corrected chi connectivity index (χ2v) is 5.32. The molecule has 1 atom stereocenters. The van der Waals surface area contributed by atoms with Gasteiger partial charge in [0.25, 0.3) is 0 Å². The highest BCUT2D eigenvalue weighted by Gasteiger charge is 2.24. The Bertz CT molecular complexity index is 402. The molecule has 0 aliphatic heterocycles. The number of hydrogen-bond donors (Lipinski definition) is 1. The summed E-state index contributed by atoms with van der Waals surface area (Å²) in [6.45, 7) is 4.03. The summed E-state index contributed by atoms with van der Waals surface area (Å²) < 4.78 is 6.09. The van der Waals surface area contributed by atoms with Crippen molar-refractivity contribution in [3.63, 3.8) is 0 Å². The van der Waals surface area contributed by atoms with E-state index in [1.807, 2.05) is 26.0 Å². The minimum absolute atomic E-state index is 0.319. The van der Waals surface area contributed by atoms with E-state index in [-0.39, 0.29) is 0 Å². The van der Waals surface area contributed by atoms with Crippen LogP contribution in [0, 0.1) is 5.92 Å². The molecule has 0 heterocycles. The van der Waals surface area contributed by atoms with Crippen molar-refractivity contribution in [3.05, 3.63) is 28.2 Å². The number of ether oxygens (including phenoxy) is 1. The van der Waals surface area contributed by atoms with Gasteiger partial charge in [-0.05, 0) is 30.5 Å². The van der Waals surface area contributed by atoms with Gasteiger partial charge in [0.1, 0.15) is 5.75 Å². The fourth-order valence-corrected chi connectivity index (χ4v) is 2.19. The molecule has 1 rings (SSSR count). The molecule has 0 spiro atoms. The summed E-state index contributed by atoms with van der Waals surface area (Å²) in [5, 5.41) is 9.32. The van der Waals surface area contributed by atoms with Crippen molar-refractivity contribution in [2.45, 2.75) is 26.2 Å². The molecule has 0 aromatic heterocycles. The highest BCUT2D eigenvalue weighted by molar-refractivity contribution is 9.10. The van der Waals surface area contributed by atoms with E-state index >= 15 is 0 Å². The summed E-state index contributed by atoms with van der Waals surface area (Å²) in [7, 11) is 1.56. The maximum atomic E-state index is 11.3. The Labute approximate surface area is 110 Å². The average molecular weight is 301 g/mol. The van der Waals surface area contributed by atoms with Crippen molar-refractivity contribution in [1.29, 1.82) is 0 Å². The fraction of sp³-hybridized carbons (Fsp3) is 0.462. The summed E-state index contributed by atoms with van der Waals surface area (Å²) in [4.78, 5) is 11.3. The van der Waals surface area contributed by atoms with Crippen LogP contribution >= 0.6 is 15.9 Å². The van der Waals surface area contributed by atoms with E-state index in [9.17, 15) is 9.90 Å². The molecule has 3 nitrogen and oxygen atoms in total. The van der Waals surface area contributed by atoms with Crippen molar-refractivity contribution in [2.75, 3.05) is 7.11 Å². The van der Waals surface area contributed by atoms with Crippen LogP contribution in [0.4, 0.5) is 0 Å². The van der Waals surface area contributed by atoms with Gasteiger partial charge in [-0.1, -0.05) is 29.8 Å². The molecule has 1 aromatic carbocycles. The Morgan fingerprint density at radius 3 is 2.59 bits per heavy atom. The quantitative estimate of drug-likeness (QED) is 0.902. The SMILES string of the molecule is COc1ccc(Br)cc1C(CC(C)C)C(=O)O. The monoisotopic (exact) mass is 300 g/mol. The van der Waals surface area contributed by atoms with E-state index in [0.717, 1.165) is 10.0 Å². The molecule has 0 aliphatic carbocycles. The van der Waals surface area contributed by atoms with Gasteiger partial charge >= 0.3 is 5.97 Å². The number of benzene rings is 1. The molecule has 1 N–H and O–H groups in total. The van der Waals surface area contributed by atoms with Crippen LogP contribution in [-0.4, -0.2) is 18.2 Å². The van der Waals surface area contributed by atoms with Crippen LogP contribution in [0.15, 0.2) is 22.7 Å². The molecule has 0 aliphatic rings. The van der Waals surface area contributed by atoms with Crippen LogP contribution in [0.5, 0.6) is 5.75 Å². The fourth-order valence-electron chi connectivity index (χ4n) is 1.81. The van der Waals surface area contributed by atoms with Gasteiger partial charge in [0.2, 0.25) is 0 Å². The number of halogens is 1. The molecule has 0 saturated carbocycles. The van der Waals surface area contributed by atoms with Gasteiger partial charge in [0, 0.05) is 10.0 Å². The van der Waals surface area contributed by atoms with Gasteiger partial charge in [-0.25, -0.2) is 0 Å². The third kappa shape index (κ3) is 3.73. The molecular weight excluding hydrogens is 284 g/mol. The molecule has 0 radical (unpaired) electrons. The summed E-state index contributed by atoms with van der Waals surface area (Å²) in [5.74, 6) is -0.390. The zero-order valence-electron chi connectivity index (χ0n) is 10.2. The normalized spacial score (nSPS) is 12.5. The van der Waals surface area contributed by atoms with E-state index in [0.29, 0.717) is 18.1 Å². The number of carboxylic acid groups (broad SMARTS) is 1. The van der Waals surface area contributed by atoms with Gasteiger partial charge in [-0.3, -0.25) is 4.79 Å². The third-order valence-corrected chi connectivity index (χ3v) is 3.07. The van der Waals surface area contributed by atoms with Crippen LogP contribution in [0.2, 0.25) is 0 Å². The zero-order chi connectivity index (χ0) is 13.0. The van der Waals surface area contributed by atoms with E-state index in [4.69, 9.17) is 4.74 Å². The predicted octanol–water partition coefficient (Wildman–Crippen LogP) is 3.67. The topological polar surface area (TPSA) is 46.5 Å². The molecule has 0 bridgehead atoms. The van der Waals surface area contributed by atoms with Crippen LogP contribution in [0.1, 0.15) is 31.7 Å². The lowest BCUT2D eigenvalue weighted by Gasteiger charge is -2.18. The Morgan fingerprint density at radius 1 is 1.47 bits per heavy atom. The maximum Gasteiger partial charge on any atom is 0.311 e. The van der Waals surface area contributed by atoms with Crippen LogP contribution < -0.4 is 4.74 Å². The van der Waals surface area contributed by atoms with Gasteiger partial charge in [0.15, 0.2) is 0 Å². The standard InChI is InChI=1S/C13H17BrO3/c1-8(2)6-11(13(15)16)10-7-9(14)4-5-12(10)17-3/h4-5,7-8,11H,6H2,1-3H3,(H,15,16). The lowest BCUT2D eigenvalue weighted by Crippen LogP contribution is -2.15. The minimum atomic E-state index is -0.810. The largest absolute Gasteiger partial charge is 0.496 e. The Morgan fingerprint density at radius 2 is 2.12 bits per heavy atom. The lowest BCUT2D eigenvalue weighted by atomic mass is 9.90. The predicted molar refractivity (Wildman–Crippen MR) is 70.5 cm³/mol. The second-order valence-electron chi connectivity index (χ2n) is 4.41. The Hall–Kier alpha value is -1.03. The molecule has 1 unspecified atom stereocenters. The molecule has 94 valence electrons. The molecule has 1 aromatic rings. The van der Waals surface area contributed by atoms with E-state index < -0.39 is 11.9 Å². The van der Waals surface area contributed by atoms with Gasteiger partial charge in [-0.15, -0.1) is 0 Å². The van der Waals surface area contributed by atoms with Crippen molar-refractivity contribution < 1.29 is 14.6 Å². The third-order valence-electron chi connectivity index (χ3n) is 2.57. The summed E-state index contributed by atoms with van der Waals surface area (Å²) in [5.41, 5.74) is 0.725. The lowest BCUT2D eigenvalue weighted by molar-refractivity contribution is -0.139. The highest BCUT2D eigenvalue weighted by Crippen LogP contribution is 2.33. The number of aliphatic carboxylic acids is 1. The Kier molecular flexibility index (Phi) is 5.00.